The number of carbonyl (C=O) groups is 3. The molecule has 0 saturated heterocycles. The molecule has 27 heavy (non-hydrogen) atoms. The zero-order valence-electron chi connectivity index (χ0n) is 16.4. The normalized spacial score (nSPS) is 14.2. The number of hydrogen-bond acceptors (Lipinski definition) is 6. The van der Waals surface area contributed by atoms with Gasteiger partial charge in [0.2, 0.25) is 0 Å². The number of unbranched alkanes of at least 4 members (excludes halogenated alkanes) is 10. The topological polar surface area (TPSA) is 118 Å². The molecule has 0 aliphatic carbocycles. The Hall–Kier alpha value is -1.37. The molecule has 0 fully saturated rings. The van der Waals surface area contributed by atoms with Gasteiger partial charge in [-0.2, -0.15) is 0 Å². The molecule has 0 aliphatic rings. The van der Waals surface area contributed by atoms with Crippen LogP contribution in [-0.2, 0) is 14.4 Å². The van der Waals surface area contributed by atoms with E-state index >= 15 is 0 Å². The molecule has 0 radical (unpaired) electrons. The second-order valence-electron chi connectivity index (χ2n) is 7.31. The standard InChI is InChI=1S/C21H37NO5/c22-19(15-23)20(27)13-11-9-7-5-3-1-2-4-6-8-10-12-14-21(16-24,17-25)18-26/h11,13,16-20,23,27H,1-10,12,14-15,22H2/b13-11+/t19-,20+/m0/s1. The predicted octanol–water partition coefficient (Wildman–Crippen LogP) is 2.49. The summed E-state index contributed by atoms with van der Waals surface area (Å²) in [4.78, 5) is 32.4. The molecule has 2 atom stereocenters. The van der Waals surface area contributed by atoms with E-state index in [9.17, 15) is 19.5 Å². The van der Waals surface area contributed by atoms with Crippen LogP contribution < -0.4 is 5.73 Å². The highest BCUT2D eigenvalue weighted by atomic mass is 16.3. The zero-order chi connectivity index (χ0) is 20.4. The Morgan fingerprint density at radius 3 is 1.67 bits per heavy atom. The van der Waals surface area contributed by atoms with E-state index in [0.29, 0.717) is 25.3 Å². The van der Waals surface area contributed by atoms with Crippen LogP contribution in [0.2, 0.25) is 0 Å². The minimum absolute atomic E-state index is 0.220. The molecular weight excluding hydrogens is 346 g/mol. The van der Waals surface area contributed by atoms with Gasteiger partial charge in [0.15, 0.2) is 0 Å². The smallest absolute Gasteiger partial charge is 0.140 e. The monoisotopic (exact) mass is 383 g/mol. The largest absolute Gasteiger partial charge is 0.395 e. The molecule has 0 unspecified atom stereocenters. The summed E-state index contributed by atoms with van der Waals surface area (Å²) in [7, 11) is 0. The maximum absolute atomic E-state index is 10.8. The van der Waals surface area contributed by atoms with Gasteiger partial charge in [0, 0.05) is 0 Å². The summed E-state index contributed by atoms with van der Waals surface area (Å²) < 4.78 is 0. The average Bonchev–Trinajstić information content (AvgIpc) is 2.70. The number of nitrogens with two attached hydrogens (primary N) is 1. The molecule has 0 aliphatic heterocycles. The predicted molar refractivity (Wildman–Crippen MR) is 106 cm³/mol. The third kappa shape index (κ3) is 12.6. The van der Waals surface area contributed by atoms with Crippen LogP contribution in [0, 0.1) is 5.41 Å². The van der Waals surface area contributed by atoms with E-state index < -0.39 is 17.6 Å². The maximum atomic E-state index is 10.8. The van der Waals surface area contributed by atoms with E-state index in [1.807, 2.05) is 6.08 Å². The van der Waals surface area contributed by atoms with Crippen molar-refractivity contribution in [1.82, 2.24) is 0 Å². The van der Waals surface area contributed by atoms with Gasteiger partial charge < -0.3 is 30.3 Å². The molecule has 6 heteroatoms. The molecule has 0 bridgehead atoms. The Balaban J connectivity index is 3.43. The van der Waals surface area contributed by atoms with E-state index in [2.05, 4.69) is 0 Å². The Kier molecular flexibility index (Phi) is 15.9. The van der Waals surface area contributed by atoms with Crippen molar-refractivity contribution in [2.75, 3.05) is 6.61 Å². The quantitative estimate of drug-likeness (QED) is 0.136. The van der Waals surface area contributed by atoms with Crippen LogP contribution in [0.5, 0.6) is 0 Å². The molecule has 0 amide bonds. The first kappa shape index (κ1) is 25.6. The van der Waals surface area contributed by atoms with Gasteiger partial charge in [-0.3, -0.25) is 0 Å². The van der Waals surface area contributed by atoms with Gasteiger partial charge >= 0.3 is 0 Å². The Labute approximate surface area is 163 Å². The summed E-state index contributed by atoms with van der Waals surface area (Å²) in [5.74, 6) is 0. The third-order valence-electron chi connectivity index (χ3n) is 4.87. The Morgan fingerprint density at radius 1 is 0.778 bits per heavy atom. The van der Waals surface area contributed by atoms with Crippen LogP contribution in [0.25, 0.3) is 0 Å². The van der Waals surface area contributed by atoms with Gasteiger partial charge in [0.1, 0.15) is 24.3 Å². The SMILES string of the molecule is N[C@@H](CO)[C@H](O)/C=C/CCCCCCCCCCCCC(C=O)(C=O)C=O. The average molecular weight is 384 g/mol. The summed E-state index contributed by atoms with van der Waals surface area (Å²) in [5.41, 5.74) is 4.09. The summed E-state index contributed by atoms with van der Waals surface area (Å²) >= 11 is 0. The number of hydrogen-bond donors (Lipinski definition) is 3. The van der Waals surface area contributed by atoms with E-state index in [1.165, 1.54) is 25.7 Å². The van der Waals surface area contributed by atoms with Crippen LogP contribution in [-0.4, -0.2) is 47.8 Å². The molecule has 0 saturated carbocycles. The number of aliphatic hydroxyl groups is 2. The zero-order valence-corrected chi connectivity index (χ0v) is 16.4. The molecular formula is C21H37NO5. The van der Waals surface area contributed by atoms with Gasteiger partial charge in [-0.15, -0.1) is 0 Å². The lowest BCUT2D eigenvalue weighted by molar-refractivity contribution is -0.133. The number of allylic oxidation sites excluding steroid dienone is 1. The van der Waals surface area contributed by atoms with Crippen molar-refractivity contribution in [3.63, 3.8) is 0 Å². The van der Waals surface area contributed by atoms with Crippen LogP contribution in [0.4, 0.5) is 0 Å². The minimum Gasteiger partial charge on any atom is -0.395 e. The first-order valence-corrected chi connectivity index (χ1v) is 10.2. The van der Waals surface area contributed by atoms with Crippen molar-refractivity contribution >= 4 is 18.9 Å². The van der Waals surface area contributed by atoms with Crippen molar-refractivity contribution in [3.8, 4) is 0 Å². The first-order chi connectivity index (χ1) is 13.0. The molecule has 156 valence electrons. The van der Waals surface area contributed by atoms with Crippen molar-refractivity contribution in [2.24, 2.45) is 11.1 Å². The lowest BCUT2D eigenvalue weighted by atomic mass is 9.87. The van der Waals surface area contributed by atoms with Crippen molar-refractivity contribution in [1.29, 1.82) is 0 Å². The summed E-state index contributed by atoms with van der Waals surface area (Å²) in [5, 5.41) is 18.4. The molecule has 0 rings (SSSR count). The van der Waals surface area contributed by atoms with Gasteiger partial charge in [0.25, 0.3) is 0 Å². The van der Waals surface area contributed by atoms with Crippen LogP contribution in [0.1, 0.15) is 77.0 Å². The highest BCUT2D eigenvalue weighted by molar-refractivity contribution is 6.01. The van der Waals surface area contributed by atoms with Gasteiger partial charge in [-0.25, -0.2) is 0 Å². The molecule has 4 N–H and O–H groups in total. The molecule has 0 aromatic carbocycles. The Bertz CT molecular complexity index is 403. The fourth-order valence-electron chi connectivity index (χ4n) is 2.85. The van der Waals surface area contributed by atoms with Gasteiger partial charge in [-0.05, 0) is 19.3 Å². The lowest BCUT2D eigenvalue weighted by Gasteiger charge is -2.12. The number of rotatable bonds is 19. The second kappa shape index (κ2) is 16.8. The van der Waals surface area contributed by atoms with Gasteiger partial charge in [-0.1, -0.05) is 69.9 Å². The third-order valence-corrected chi connectivity index (χ3v) is 4.87. The molecule has 0 aromatic heterocycles. The van der Waals surface area contributed by atoms with E-state index in [-0.39, 0.29) is 6.61 Å². The lowest BCUT2D eigenvalue weighted by Crippen LogP contribution is -2.36. The van der Waals surface area contributed by atoms with E-state index in [4.69, 9.17) is 10.8 Å². The highest BCUT2D eigenvalue weighted by Gasteiger charge is 2.27. The van der Waals surface area contributed by atoms with Crippen molar-refractivity contribution < 1.29 is 24.6 Å². The highest BCUT2D eigenvalue weighted by Crippen LogP contribution is 2.19. The van der Waals surface area contributed by atoms with Crippen LogP contribution >= 0.6 is 0 Å². The minimum atomic E-state index is -1.42. The molecule has 6 nitrogen and oxygen atoms in total. The fourth-order valence-corrected chi connectivity index (χ4v) is 2.85. The van der Waals surface area contributed by atoms with Crippen LogP contribution in [0.15, 0.2) is 12.2 Å². The second-order valence-corrected chi connectivity index (χ2v) is 7.31. The van der Waals surface area contributed by atoms with Crippen molar-refractivity contribution in [3.05, 3.63) is 12.2 Å². The first-order valence-electron chi connectivity index (χ1n) is 10.2. The van der Waals surface area contributed by atoms with Gasteiger partial charge in [0.05, 0.1) is 18.8 Å². The van der Waals surface area contributed by atoms with Crippen LogP contribution in [0.3, 0.4) is 0 Å². The Morgan fingerprint density at radius 2 is 1.22 bits per heavy atom. The summed E-state index contributed by atoms with van der Waals surface area (Å²) in [6, 6.07) is -0.608. The summed E-state index contributed by atoms with van der Waals surface area (Å²) in [6.45, 7) is -0.220. The maximum Gasteiger partial charge on any atom is 0.140 e. The van der Waals surface area contributed by atoms with E-state index in [0.717, 1.165) is 44.9 Å². The van der Waals surface area contributed by atoms with Crippen molar-refractivity contribution in [2.45, 2.75) is 89.2 Å². The molecule has 0 aromatic rings. The van der Waals surface area contributed by atoms with E-state index in [1.54, 1.807) is 6.08 Å². The number of carbonyl (C=O) groups excluding carboxylic acids is 3. The molecule has 0 spiro atoms. The summed E-state index contributed by atoms with van der Waals surface area (Å²) in [6.07, 6.45) is 16.3. The fraction of sp³-hybridized carbons (Fsp3) is 0.762. The number of aliphatic hydroxyl groups excluding tert-OH is 2. The number of aldehydes is 3. The molecule has 0 heterocycles.